The van der Waals surface area contributed by atoms with Gasteiger partial charge in [0.15, 0.2) is 0 Å². The van der Waals surface area contributed by atoms with Gasteiger partial charge in [0.2, 0.25) is 0 Å². The van der Waals surface area contributed by atoms with Crippen LogP contribution in [0.1, 0.15) is 25.0 Å². The van der Waals surface area contributed by atoms with Gasteiger partial charge in [-0.1, -0.05) is 147 Å². The Labute approximate surface area is 274 Å². The molecule has 9 aromatic rings. The molecule has 0 aliphatic heterocycles. The van der Waals surface area contributed by atoms with Crippen LogP contribution in [0.25, 0.3) is 87.2 Å². The van der Waals surface area contributed by atoms with Crippen LogP contribution in [0.15, 0.2) is 158 Å². The molecule has 0 fully saturated rings. The van der Waals surface area contributed by atoms with Crippen molar-refractivity contribution in [2.45, 2.75) is 19.3 Å². The van der Waals surface area contributed by atoms with Crippen LogP contribution in [0.2, 0.25) is 0 Å². The second-order valence-electron chi connectivity index (χ2n) is 13.7. The summed E-state index contributed by atoms with van der Waals surface area (Å²) in [5.74, 6) is 0. The Morgan fingerprint density at radius 2 is 0.809 bits per heavy atom. The van der Waals surface area contributed by atoms with Crippen molar-refractivity contribution in [1.82, 2.24) is 0 Å². The highest BCUT2D eigenvalue weighted by atomic mass is 14.4. The van der Waals surface area contributed by atoms with Crippen LogP contribution in [0, 0.1) is 0 Å². The molecule has 0 unspecified atom stereocenters. The zero-order valence-electron chi connectivity index (χ0n) is 26.5. The van der Waals surface area contributed by atoms with Crippen molar-refractivity contribution in [1.29, 1.82) is 0 Å². The SMILES string of the molecule is CC1(C)c2ccc3ccccc3c2-c2c1cc(-c1ccc3cc(-c4ccc5c(ccc6ccccc65)c4)ccc3c1)c1ccccc21. The number of benzene rings is 9. The monoisotopic (exact) mass is 596 g/mol. The smallest absolute Gasteiger partial charge is 0.0159 e. The van der Waals surface area contributed by atoms with E-state index < -0.39 is 0 Å². The van der Waals surface area contributed by atoms with Crippen LogP contribution in [0.5, 0.6) is 0 Å². The maximum atomic E-state index is 2.49. The highest BCUT2D eigenvalue weighted by Gasteiger charge is 2.38. The van der Waals surface area contributed by atoms with Crippen LogP contribution in [0.4, 0.5) is 0 Å². The molecule has 0 nitrogen and oxygen atoms in total. The Morgan fingerprint density at radius 3 is 1.60 bits per heavy atom. The number of hydrogen-bond acceptors (Lipinski definition) is 0. The molecule has 10 rings (SSSR count). The second-order valence-corrected chi connectivity index (χ2v) is 13.7. The molecule has 0 spiro atoms. The molecule has 220 valence electrons. The van der Waals surface area contributed by atoms with Gasteiger partial charge in [-0.2, -0.15) is 0 Å². The zero-order valence-corrected chi connectivity index (χ0v) is 26.5. The largest absolute Gasteiger partial charge is 0.0616 e. The number of rotatable bonds is 2. The summed E-state index contributed by atoms with van der Waals surface area (Å²) in [4.78, 5) is 0. The summed E-state index contributed by atoms with van der Waals surface area (Å²) in [6.45, 7) is 4.78. The number of hydrogen-bond donors (Lipinski definition) is 0. The third-order valence-electron chi connectivity index (χ3n) is 10.8. The summed E-state index contributed by atoms with van der Waals surface area (Å²) in [7, 11) is 0. The minimum atomic E-state index is -0.0919. The normalized spacial score (nSPS) is 13.5. The first-order valence-electron chi connectivity index (χ1n) is 16.6. The molecule has 0 radical (unpaired) electrons. The average Bonchev–Trinajstić information content (AvgIpc) is 3.36. The molecule has 0 saturated heterocycles. The molecule has 0 heterocycles. The molecular formula is C47H32. The van der Waals surface area contributed by atoms with Crippen molar-refractivity contribution >= 4 is 53.9 Å². The minimum Gasteiger partial charge on any atom is -0.0616 e. The topological polar surface area (TPSA) is 0 Å². The summed E-state index contributed by atoms with van der Waals surface area (Å²) in [6, 6.07) is 58.9. The molecule has 0 aromatic heterocycles. The van der Waals surface area contributed by atoms with E-state index in [9.17, 15) is 0 Å². The van der Waals surface area contributed by atoms with Crippen LogP contribution in [-0.2, 0) is 5.41 Å². The van der Waals surface area contributed by atoms with Crippen molar-refractivity contribution in [2.75, 3.05) is 0 Å². The Hall–Kier alpha value is -5.72. The quantitative estimate of drug-likeness (QED) is 0.174. The summed E-state index contributed by atoms with van der Waals surface area (Å²) in [5.41, 5.74) is 10.6. The molecule has 0 N–H and O–H groups in total. The molecule has 0 atom stereocenters. The third kappa shape index (κ3) is 3.82. The van der Waals surface area contributed by atoms with Gasteiger partial charge in [-0.15, -0.1) is 0 Å². The fraction of sp³-hybridized carbons (Fsp3) is 0.0638. The summed E-state index contributed by atoms with van der Waals surface area (Å²) in [6.07, 6.45) is 0. The molecule has 0 bridgehead atoms. The van der Waals surface area contributed by atoms with Crippen LogP contribution in [-0.4, -0.2) is 0 Å². The first kappa shape index (κ1) is 26.5. The van der Waals surface area contributed by atoms with Crippen LogP contribution < -0.4 is 0 Å². The van der Waals surface area contributed by atoms with Crippen molar-refractivity contribution in [3.05, 3.63) is 169 Å². The Kier molecular flexibility index (Phi) is 5.44. The minimum absolute atomic E-state index is 0.0919. The van der Waals surface area contributed by atoms with Crippen LogP contribution >= 0.6 is 0 Å². The lowest BCUT2D eigenvalue weighted by Gasteiger charge is -2.23. The Morgan fingerprint density at radius 1 is 0.319 bits per heavy atom. The lowest BCUT2D eigenvalue weighted by atomic mass is 9.80. The van der Waals surface area contributed by atoms with Crippen LogP contribution in [0.3, 0.4) is 0 Å². The first-order valence-corrected chi connectivity index (χ1v) is 16.6. The van der Waals surface area contributed by atoms with Gasteiger partial charge < -0.3 is 0 Å². The average molecular weight is 597 g/mol. The van der Waals surface area contributed by atoms with E-state index in [2.05, 4.69) is 172 Å². The van der Waals surface area contributed by atoms with E-state index in [1.54, 1.807) is 0 Å². The van der Waals surface area contributed by atoms with E-state index in [0.29, 0.717) is 0 Å². The molecule has 0 saturated carbocycles. The van der Waals surface area contributed by atoms with E-state index in [4.69, 9.17) is 0 Å². The molecule has 1 aliphatic carbocycles. The van der Waals surface area contributed by atoms with Crippen molar-refractivity contribution in [3.8, 4) is 33.4 Å². The lowest BCUT2D eigenvalue weighted by molar-refractivity contribution is 0.661. The van der Waals surface area contributed by atoms with Gasteiger partial charge in [0, 0.05) is 5.41 Å². The fourth-order valence-corrected chi connectivity index (χ4v) is 8.37. The van der Waals surface area contributed by atoms with Crippen molar-refractivity contribution in [2.24, 2.45) is 0 Å². The van der Waals surface area contributed by atoms with Crippen molar-refractivity contribution < 1.29 is 0 Å². The van der Waals surface area contributed by atoms with E-state index >= 15 is 0 Å². The second kappa shape index (κ2) is 9.64. The van der Waals surface area contributed by atoms with Gasteiger partial charge in [-0.3, -0.25) is 0 Å². The summed E-state index contributed by atoms with van der Waals surface area (Å²) in [5, 5.41) is 13.0. The van der Waals surface area contributed by atoms with Gasteiger partial charge in [0.1, 0.15) is 0 Å². The maximum Gasteiger partial charge on any atom is 0.0159 e. The molecule has 9 aromatic carbocycles. The van der Waals surface area contributed by atoms with Gasteiger partial charge >= 0.3 is 0 Å². The molecular weight excluding hydrogens is 565 g/mol. The Bertz CT molecular complexity index is 2760. The summed E-state index contributed by atoms with van der Waals surface area (Å²) >= 11 is 0. The highest BCUT2D eigenvalue weighted by Crippen LogP contribution is 2.55. The Balaban J connectivity index is 1.11. The maximum absolute atomic E-state index is 2.49. The summed E-state index contributed by atoms with van der Waals surface area (Å²) < 4.78 is 0. The first-order chi connectivity index (χ1) is 23.0. The van der Waals surface area contributed by atoms with Gasteiger partial charge in [-0.05, 0) is 123 Å². The highest BCUT2D eigenvalue weighted by molar-refractivity contribution is 6.15. The van der Waals surface area contributed by atoms with E-state index in [0.717, 1.165) is 0 Å². The van der Waals surface area contributed by atoms with Gasteiger partial charge in [-0.25, -0.2) is 0 Å². The van der Waals surface area contributed by atoms with Gasteiger partial charge in [0.25, 0.3) is 0 Å². The van der Waals surface area contributed by atoms with Gasteiger partial charge in [0.05, 0.1) is 0 Å². The van der Waals surface area contributed by atoms with E-state index in [1.807, 2.05) is 0 Å². The molecule has 0 heteroatoms. The van der Waals surface area contributed by atoms with E-state index in [1.165, 1.54) is 98.4 Å². The number of fused-ring (bicyclic) bond motifs is 11. The zero-order chi connectivity index (χ0) is 31.3. The van der Waals surface area contributed by atoms with E-state index in [-0.39, 0.29) is 5.41 Å². The van der Waals surface area contributed by atoms with Crippen molar-refractivity contribution in [3.63, 3.8) is 0 Å². The fourth-order valence-electron chi connectivity index (χ4n) is 8.37. The molecule has 47 heavy (non-hydrogen) atoms. The third-order valence-corrected chi connectivity index (χ3v) is 10.8. The standard InChI is InChI=1S/C47H32/c1-47(2)43-24-22-30-10-4-6-12-39(30)45(43)46-41-14-8-7-13-40(41)42(28-44(46)47)36-20-18-32-25-31(16-17-33(32)27-36)34-21-23-38-35(26-34)19-15-29-9-3-5-11-37(29)38/h3-28H,1-2H3. The predicted octanol–water partition coefficient (Wildman–Crippen LogP) is 13.1. The predicted molar refractivity (Wildman–Crippen MR) is 202 cm³/mol. The lowest BCUT2D eigenvalue weighted by Crippen LogP contribution is -2.15. The molecule has 0 amide bonds. The molecule has 1 aliphatic rings.